The number of esters is 1. The summed E-state index contributed by atoms with van der Waals surface area (Å²) in [7, 11) is 1.54. The third-order valence-corrected chi connectivity index (χ3v) is 6.30. The van der Waals surface area contributed by atoms with Crippen LogP contribution in [0, 0.1) is 0 Å². The lowest BCUT2D eigenvalue weighted by Crippen LogP contribution is -2.38. The third kappa shape index (κ3) is 4.08. The average molecular weight is 322 g/mol. The van der Waals surface area contributed by atoms with Crippen molar-refractivity contribution in [3.05, 3.63) is 0 Å². The molecule has 3 heterocycles. The molecule has 3 fully saturated rings. The van der Waals surface area contributed by atoms with Gasteiger partial charge >= 0.3 is 5.97 Å². The second-order valence-corrected chi connectivity index (χ2v) is 7.79. The Labute approximate surface area is 141 Å². The van der Waals surface area contributed by atoms with E-state index in [1.807, 2.05) is 0 Å². The topological polar surface area (TPSA) is 32.5 Å². The molecule has 3 atom stereocenters. The van der Waals surface area contributed by atoms with Crippen molar-refractivity contribution in [2.75, 3.05) is 33.3 Å². The molecule has 3 rings (SSSR count). The van der Waals surface area contributed by atoms with Crippen molar-refractivity contribution in [2.24, 2.45) is 0 Å². The van der Waals surface area contributed by atoms with E-state index in [1.165, 1.54) is 70.8 Å². The van der Waals surface area contributed by atoms with Crippen LogP contribution in [0.3, 0.4) is 0 Å². The van der Waals surface area contributed by atoms with Gasteiger partial charge in [0, 0.05) is 19.1 Å². The fourth-order valence-electron chi connectivity index (χ4n) is 4.71. The van der Waals surface area contributed by atoms with E-state index in [1.54, 1.807) is 7.11 Å². The highest BCUT2D eigenvalue weighted by Crippen LogP contribution is 2.38. The van der Waals surface area contributed by atoms with E-state index in [-0.39, 0.29) is 11.5 Å². The summed E-state index contributed by atoms with van der Waals surface area (Å²) in [5, 5.41) is 0. The number of ether oxygens (including phenoxy) is 1. The smallest absolute Gasteiger partial charge is 0.327 e. The highest BCUT2D eigenvalue weighted by atomic mass is 16.5. The first kappa shape index (κ1) is 17.2. The molecule has 0 radical (unpaired) electrons. The molecule has 0 spiro atoms. The molecule has 0 aromatic carbocycles. The summed E-state index contributed by atoms with van der Waals surface area (Å²) >= 11 is 0. The normalized spacial score (nSPS) is 37.1. The van der Waals surface area contributed by atoms with Crippen LogP contribution in [0.15, 0.2) is 0 Å². The van der Waals surface area contributed by atoms with Crippen LogP contribution in [-0.4, -0.2) is 60.6 Å². The zero-order valence-corrected chi connectivity index (χ0v) is 14.9. The van der Waals surface area contributed by atoms with Crippen molar-refractivity contribution in [3.63, 3.8) is 0 Å². The first-order valence-corrected chi connectivity index (χ1v) is 9.84. The van der Waals surface area contributed by atoms with Gasteiger partial charge in [-0.3, -0.25) is 4.90 Å². The number of rotatable bonds is 1. The van der Waals surface area contributed by atoms with Gasteiger partial charge < -0.3 is 9.64 Å². The Bertz CT molecular complexity index is 401. The van der Waals surface area contributed by atoms with Gasteiger partial charge in [0.1, 0.15) is 5.54 Å². The molecule has 3 unspecified atom stereocenters. The Morgan fingerprint density at radius 3 is 2.39 bits per heavy atom. The van der Waals surface area contributed by atoms with Gasteiger partial charge in [0.15, 0.2) is 0 Å². The first-order chi connectivity index (χ1) is 11.3. The number of methoxy groups -OCH3 is 1. The fourth-order valence-corrected chi connectivity index (χ4v) is 4.71. The minimum atomic E-state index is -0.290. The maximum atomic E-state index is 12.3. The maximum Gasteiger partial charge on any atom is 0.327 e. The molecule has 3 aliphatic heterocycles. The number of carbonyl (C=O) groups excluding carboxylic acids is 1. The van der Waals surface area contributed by atoms with Crippen LogP contribution >= 0.6 is 0 Å². The van der Waals surface area contributed by atoms with Crippen LogP contribution in [0.2, 0.25) is 0 Å². The summed E-state index contributed by atoms with van der Waals surface area (Å²) in [5.41, 5.74) is -0.290. The fraction of sp³-hybridized carbons (Fsp3) is 0.947. The van der Waals surface area contributed by atoms with Crippen molar-refractivity contribution in [1.82, 2.24) is 9.80 Å². The summed E-state index contributed by atoms with van der Waals surface area (Å²) in [4.78, 5) is 17.4. The van der Waals surface area contributed by atoms with Gasteiger partial charge in [-0.25, -0.2) is 4.79 Å². The van der Waals surface area contributed by atoms with Gasteiger partial charge in [0.25, 0.3) is 0 Å². The number of fused-ring (bicyclic) bond motifs is 2. The average Bonchev–Trinajstić information content (AvgIpc) is 3.09. The SMILES string of the molecule is COC(=O)C12CCN3CCCC3CCCCCCCCCN1C2. The van der Waals surface area contributed by atoms with Gasteiger partial charge in [-0.2, -0.15) is 0 Å². The maximum absolute atomic E-state index is 12.3. The first-order valence-electron chi connectivity index (χ1n) is 9.84. The molecule has 3 aliphatic rings. The molecule has 0 N–H and O–H groups in total. The molecule has 3 saturated heterocycles. The van der Waals surface area contributed by atoms with Crippen LogP contribution in [0.5, 0.6) is 0 Å². The zero-order valence-electron chi connectivity index (χ0n) is 14.9. The molecule has 132 valence electrons. The summed E-state index contributed by atoms with van der Waals surface area (Å²) in [6, 6.07) is 0.766. The Morgan fingerprint density at radius 1 is 0.913 bits per heavy atom. The molecular formula is C19H34N2O2. The van der Waals surface area contributed by atoms with E-state index in [2.05, 4.69) is 9.80 Å². The molecule has 0 bridgehead atoms. The van der Waals surface area contributed by atoms with Crippen LogP contribution in [0.25, 0.3) is 0 Å². The van der Waals surface area contributed by atoms with Gasteiger partial charge in [-0.05, 0) is 45.2 Å². The quantitative estimate of drug-likeness (QED) is 0.548. The van der Waals surface area contributed by atoms with Crippen LogP contribution in [0.4, 0.5) is 0 Å². The molecule has 0 saturated carbocycles. The Hall–Kier alpha value is -0.610. The molecular weight excluding hydrogens is 288 g/mol. The Morgan fingerprint density at radius 2 is 1.61 bits per heavy atom. The highest BCUT2D eigenvalue weighted by Gasteiger charge is 2.58. The van der Waals surface area contributed by atoms with Crippen LogP contribution in [-0.2, 0) is 9.53 Å². The van der Waals surface area contributed by atoms with E-state index < -0.39 is 0 Å². The van der Waals surface area contributed by atoms with Crippen molar-refractivity contribution in [2.45, 2.75) is 82.2 Å². The van der Waals surface area contributed by atoms with E-state index >= 15 is 0 Å². The number of carbonyl (C=O) groups is 1. The van der Waals surface area contributed by atoms with Gasteiger partial charge in [0.05, 0.1) is 7.11 Å². The second-order valence-electron chi connectivity index (χ2n) is 7.79. The van der Waals surface area contributed by atoms with E-state index in [9.17, 15) is 4.79 Å². The predicted molar refractivity (Wildman–Crippen MR) is 92.5 cm³/mol. The number of hydrogen-bond acceptors (Lipinski definition) is 4. The molecule has 0 amide bonds. The lowest BCUT2D eigenvalue weighted by atomic mass is 10.0. The Kier molecular flexibility index (Phi) is 5.97. The summed E-state index contributed by atoms with van der Waals surface area (Å²) in [5.74, 6) is -0.00226. The summed E-state index contributed by atoms with van der Waals surface area (Å²) in [6.07, 6.45) is 14.5. The zero-order chi connectivity index (χ0) is 16.1. The standard InChI is InChI=1S/C19H34N2O2/c1-23-18(22)19-12-15-20-13-9-11-17(20)10-7-5-3-2-4-6-8-14-21(19)16-19/h17H,2-16H2,1H3. The van der Waals surface area contributed by atoms with E-state index in [0.717, 1.165) is 32.1 Å². The predicted octanol–water partition coefficient (Wildman–Crippen LogP) is 3.20. The van der Waals surface area contributed by atoms with Crippen molar-refractivity contribution in [1.29, 1.82) is 0 Å². The van der Waals surface area contributed by atoms with E-state index in [0.29, 0.717) is 0 Å². The van der Waals surface area contributed by atoms with Crippen LogP contribution in [0.1, 0.15) is 70.6 Å². The lowest BCUT2D eigenvalue weighted by molar-refractivity contribution is -0.145. The third-order valence-electron chi connectivity index (χ3n) is 6.30. The summed E-state index contributed by atoms with van der Waals surface area (Å²) in [6.45, 7) is 4.27. The van der Waals surface area contributed by atoms with Crippen LogP contribution < -0.4 is 0 Å². The van der Waals surface area contributed by atoms with Crippen molar-refractivity contribution in [3.8, 4) is 0 Å². The van der Waals surface area contributed by atoms with Crippen molar-refractivity contribution >= 4 is 5.97 Å². The van der Waals surface area contributed by atoms with Crippen molar-refractivity contribution < 1.29 is 9.53 Å². The molecule has 4 heteroatoms. The molecule has 0 aromatic heterocycles. The minimum absolute atomic E-state index is 0.00226. The molecule has 4 nitrogen and oxygen atoms in total. The minimum Gasteiger partial charge on any atom is -0.468 e. The highest BCUT2D eigenvalue weighted by molar-refractivity contribution is 5.84. The summed E-state index contributed by atoms with van der Waals surface area (Å²) < 4.78 is 5.14. The van der Waals surface area contributed by atoms with Gasteiger partial charge in [0.2, 0.25) is 0 Å². The second kappa shape index (κ2) is 7.98. The molecule has 0 aromatic rings. The van der Waals surface area contributed by atoms with Gasteiger partial charge in [-0.1, -0.05) is 38.5 Å². The monoisotopic (exact) mass is 322 g/mol. The number of nitrogens with zero attached hydrogens (tertiary/aromatic N) is 2. The number of hydrogen-bond donors (Lipinski definition) is 0. The lowest BCUT2D eigenvalue weighted by Gasteiger charge is -2.26. The Balaban J connectivity index is 1.62. The molecule has 23 heavy (non-hydrogen) atoms. The largest absolute Gasteiger partial charge is 0.468 e. The van der Waals surface area contributed by atoms with E-state index in [4.69, 9.17) is 4.74 Å². The molecule has 0 aliphatic carbocycles. The van der Waals surface area contributed by atoms with Gasteiger partial charge in [-0.15, -0.1) is 0 Å².